The fraction of sp³-hybridized carbons (Fsp3) is 0.529. The lowest BCUT2D eigenvalue weighted by atomic mass is 10.1. The van der Waals surface area contributed by atoms with Crippen molar-refractivity contribution >= 4 is 38.4 Å². The molecule has 3 rings (SSSR count). The van der Waals surface area contributed by atoms with Crippen molar-refractivity contribution in [3.63, 3.8) is 0 Å². The molecule has 0 unspecified atom stereocenters. The van der Waals surface area contributed by atoms with Crippen molar-refractivity contribution in [2.45, 2.75) is 31.1 Å². The van der Waals surface area contributed by atoms with Gasteiger partial charge in [-0.1, -0.05) is 31.2 Å². The third kappa shape index (κ3) is 4.36. The van der Waals surface area contributed by atoms with E-state index in [0.29, 0.717) is 5.56 Å². The SMILES string of the molecule is CCCCN(C)C(=O)c1cccc(NC2=N[C@@H]3CS(=O)(=O)C[C@H]3S2)c1. The van der Waals surface area contributed by atoms with Crippen LogP contribution in [-0.2, 0) is 9.84 Å². The molecule has 1 saturated heterocycles. The van der Waals surface area contributed by atoms with Crippen molar-refractivity contribution in [3.8, 4) is 0 Å². The van der Waals surface area contributed by atoms with Crippen LogP contribution < -0.4 is 5.32 Å². The lowest BCUT2D eigenvalue weighted by Crippen LogP contribution is -2.27. The zero-order chi connectivity index (χ0) is 18.0. The molecule has 2 aliphatic rings. The van der Waals surface area contributed by atoms with Crippen LogP contribution in [-0.4, -0.2) is 60.8 Å². The van der Waals surface area contributed by atoms with Crippen LogP contribution in [0.3, 0.4) is 0 Å². The number of sulfone groups is 1. The molecule has 8 heteroatoms. The molecule has 0 spiro atoms. The summed E-state index contributed by atoms with van der Waals surface area (Å²) in [6.45, 7) is 2.84. The van der Waals surface area contributed by atoms with E-state index in [0.717, 1.165) is 30.2 Å². The minimum Gasteiger partial charge on any atom is -0.342 e. The number of thioether (sulfide) groups is 1. The van der Waals surface area contributed by atoms with Gasteiger partial charge in [-0.15, -0.1) is 0 Å². The maximum absolute atomic E-state index is 12.5. The Balaban J connectivity index is 1.66. The monoisotopic (exact) mass is 381 g/mol. The van der Waals surface area contributed by atoms with Crippen LogP contribution in [0.2, 0.25) is 0 Å². The van der Waals surface area contributed by atoms with Crippen molar-refractivity contribution in [1.82, 2.24) is 4.90 Å². The maximum atomic E-state index is 12.5. The van der Waals surface area contributed by atoms with Gasteiger partial charge in [-0.05, 0) is 24.6 Å². The third-order valence-corrected chi connectivity index (χ3v) is 7.51. The highest BCUT2D eigenvalue weighted by Crippen LogP contribution is 2.34. The average Bonchev–Trinajstić information content (AvgIpc) is 3.04. The number of hydrogen-bond donors (Lipinski definition) is 1. The van der Waals surface area contributed by atoms with E-state index >= 15 is 0 Å². The van der Waals surface area contributed by atoms with E-state index < -0.39 is 9.84 Å². The van der Waals surface area contributed by atoms with Crippen LogP contribution in [0.4, 0.5) is 5.69 Å². The summed E-state index contributed by atoms with van der Waals surface area (Å²) in [6.07, 6.45) is 2.04. The van der Waals surface area contributed by atoms with Gasteiger partial charge in [0, 0.05) is 30.1 Å². The van der Waals surface area contributed by atoms with Crippen LogP contribution in [0.25, 0.3) is 0 Å². The first-order chi connectivity index (χ1) is 11.9. The first-order valence-corrected chi connectivity index (χ1v) is 11.2. The number of carbonyl (C=O) groups is 1. The lowest BCUT2D eigenvalue weighted by Gasteiger charge is -2.17. The van der Waals surface area contributed by atoms with E-state index in [1.165, 1.54) is 11.8 Å². The summed E-state index contributed by atoms with van der Waals surface area (Å²) in [7, 11) is -1.13. The predicted octanol–water partition coefficient (Wildman–Crippen LogP) is 2.24. The molecule has 2 aliphatic heterocycles. The first kappa shape index (κ1) is 18.3. The summed E-state index contributed by atoms with van der Waals surface area (Å²) >= 11 is 1.47. The van der Waals surface area contributed by atoms with Crippen molar-refractivity contribution in [1.29, 1.82) is 0 Å². The smallest absolute Gasteiger partial charge is 0.253 e. The zero-order valence-electron chi connectivity index (χ0n) is 14.4. The molecule has 0 aliphatic carbocycles. The second-order valence-corrected chi connectivity index (χ2v) is 9.90. The number of nitrogens with one attached hydrogen (secondary N) is 1. The van der Waals surface area contributed by atoms with Crippen molar-refractivity contribution in [3.05, 3.63) is 29.8 Å². The molecule has 6 nitrogen and oxygen atoms in total. The molecule has 1 fully saturated rings. The number of anilines is 1. The molecule has 1 N–H and O–H groups in total. The number of hydrogen-bond acceptors (Lipinski definition) is 6. The molecular weight excluding hydrogens is 358 g/mol. The van der Waals surface area contributed by atoms with Gasteiger partial charge in [0.1, 0.15) is 0 Å². The third-order valence-electron chi connectivity index (χ3n) is 4.37. The highest BCUT2D eigenvalue weighted by atomic mass is 32.2. The van der Waals surface area contributed by atoms with Gasteiger partial charge in [-0.25, -0.2) is 8.42 Å². The molecule has 1 amide bonds. The number of amidine groups is 1. The van der Waals surface area contributed by atoms with Crippen LogP contribution in [0.15, 0.2) is 29.3 Å². The lowest BCUT2D eigenvalue weighted by molar-refractivity contribution is 0.0793. The van der Waals surface area contributed by atoms with Crippen molar-refractivity contribution in [2.75, 3.05) is 30.4 Å². The first-order valence-electron chi connectivity index (χ1n) is 8.45. The minimum atomic E-state index is -2.94. The Hall–Kier alpha value is -1.54. The summed E-state index contributed by atoms with van der Waals surface area (Å²) < 4.78 is 23.2. The molecule has 2 atom stereocenters. The molecular formula is C17H23N3O3S2. The van der Waals surface area contributed by atoms with E-state index in [1.807, 2.05) is 25.2 Å². The Kier molecular flexibility index (Phi) is 5.38. The Morgan fingerprint density at radius 1 is 1.40 bits per heavy atom. The average molecular weight is 382 g/mol. The highest BCUT2D eigenvalue weighted by Gasteiger charge is 2.42. The van der Waals surface area contributed by atoms with Crippen LogP contribution >= 0.6 is 11.8 Å². The van der Waals surface area contributed by atoms with Gasteiger partial charge in [-0.2, -0.15) is 0 Å². The van der Waals surface area contributed by atoms with Gasteiger partial charge in [0.2, 0.25) is 0 Å². The van der Waals surface area contributed by atoms with Gasteiger partial charge >= 0.3 is 0 Å². The molecule has 0 radical (unpaired) electrons. The molecule has 1 aromatic carbocycles. The molecule has 0 aromatic heterocycles. The Bertz CT molecular complexity index is 792. The number of unbranched alkanes of at least 4 members (excludes halogenated alkanes) is 1. The van der Waals surface area contributed by atoms with E-state index in [4.69, 9.17) is 0 Å². The highest BCUT2D eigenvalue weighted by molar-refractivity contribution is 8.15. The van der Waals surface area contributed by atoms with Crippen LogP contribution in [0.5, 0.6) is 0 Å². The van der Waals surface area contributed by atoms with Gasteiger partial charge in [0.05, 0.1) is 17.5 Å². The van der Waals surface area contributed by atoms with Gasteiger partial charge in [0.15, 0.2) is 15.0 Å². The summed E-state index contributed by atoms with van der Waals surface area (Å²) in [6, 6.07) is 7.20. The van der Waals surface area contributed by atoms with Crippen molar-refractivity contribution in [2.24, 2.45) is 4.99 Å². The summed E-state index contributed by atoms with van der Waals surface area (Å²) in [5.74, 6) is 0.329. The Morgan fingerprint density at radius 3 is 2.92 bits per heavy atom. The second-order valence-electron chi connectivity index (χ2n) is 6.52. The number of rotatable bonds is 5. The minimum absolute atomic E-state index is 0.000997. The maximum Gasteiger partial charge on any atom is 0.253 e. The van der Waals surface area contributed by atoms with Gasteiger partial charge in [-0.3, -0.25) is 9.79 Å². The van der Waals surface area contributed by atoms with E-state index in [1.54, 1.807) is 11.0 Å². The van der Waals surface area contributed by atoms with Crippen molar-refractivity contribution < 1.29 is 13.2 Å². The summed E-state index contributed by atoms with van der Waals surface area (Å²) in [5, 5.41) is 3.96. The van der Waals surface area contributed by atoms with E-state index in [2.05, 4.69) is 17.2 Å². The molecule has 25 heavy (non-hydrogen) atoms. The summed E-state index contributed by atoms with van der Waals surface area (Å²) in [5.41, 5.74) is 1.43. The number of carbonyl (C=O) groups excluding carboxylic acids is 1. The fourth-order valence-electron chi connectivity index (χ4n) is 2.99. The zero-order valence-corrected chi connectivity index (χ0v) is 16.1. The molecule has 1 aromatic rings. The Labute approximate surface area is 153 Å². The number of nitrogens with zero attached hydrogens (tertiary/aromatic N) is 2. The van der Waals surface area contributed by atoms with Crippen LogP contribution in [0.1, 0.15) is 30.1 Å². The normalized spacial score (nSPS) is 23.8. The second kappa shape index (κ2) is 7.37. The van der Waals surface area contributed by atoms with E-state index in [9.17, 15) is 13.2 Å². The quantitative estimate of drug-likeness (QED) is 0.846. The number of benzene rings is 1. The number of aliphatic imine (C=N–C) groups is 1. The number of fused-ring (bicyclic) bond motifs is 1. The Morgan fingerprint density at radius 2 is 2.20 bits per heavy atom. The van der Waals surface area contributed by atoms with Gasteiger partial charge in [0.25, 0.3) is 5.91 Å². The molecule has 136 valence electrons. The fourth-order valence-corrected chi connectivity index (χ4v) is 6.66. The number of amides is 1. The molecule has 2 heterocycles. The molecule has 0 saturated carbocycles. The van der Waals surface area contributed by atoms with E-state index in [-0.39, 0.29) is 28.7 Å². The predicted molar refractivity (Wildman–Crippen MR) is 103 cm³/mol. The van der Waals surface area contributed by atoms with Crippen LogP contribution in [0, 0.1) is 0 Å². The topological polar surface area (TPSA) is 78.8 Å². The molecule has 0 bridgehead atoms. The standard InChI is InChI=1S/C17H23N3O3S2/c1-3-4-8-20(2)16(21)12-6-5-7-13(9-12)18-17-19-14-10-25(22,23)11-15(14)24-17/h5-7,9,14-15H,3-4,8,10-11H2,1-2H3,(H,18,19)/t14-,15-/m1/s1. The summed E-state index contributed by atoms with van der Waals surface area (Å²) in [4.78, 5) is 18.7. The largest absolute Gasteiger partial charge is 0.342 e. The van der Waals surface area contributed by atoms with Gasteiger partial charge < -0.3 is 10.2 Å².